The van der Waals surface area contributed by atoms with Crippen molar-refractivity contribution in [1.82, 2.24) is 0 Å². The fourth-order valence-electron chi connectivity index (χ4n) is 1.40. The van der Waals surface area contributed by atoms with E-state index in [1.54, 1.807) is 12.1 Å². The van der Waals surface area contributed by atoms with Crippen molar-refractivity contribution in [3.05, 3.63) is 55.8 Å². The number of halogens is 3. The Hall–Kier alpha value is -0.290. The lowest BCUT2D eigenvalue weighted by molar-refractivity contribution is 0.491. The molecule has 2 N–H and O–H groups in total. The van der Waals surface area contributed by atoms with Crippen LogP contribution in [0.1, 0.15) is 17.4 Å². The maximum absolute atomic E-state index is 6.10. The van der Waals surface area contributed by atoms with Crippen LogP contribution in [0.2, 0.25) is 5.22 Å². The van der Waals surface area contributed by atoms with Gasteiger partial charge < -0.3 is 10.2 Å². The van der Waals surface area contributed by atoms with Crippen molar-refractivity contribution in [3.8, 4) is 0 Å². The Morgan fingerprint density at radius 1 is 1.19 bits per heavy atom. The van der Waals surface area contributed by atoms with Gasteiger partial charge in [-0.3, -0.25) is 0 Å². The molecule has 0 aliphatic carbocycles. The van der Waals surface area contributed by atoms with Crippen molar-refractivity contribution in [2.45, 2.75) is 6.04 Å². The molecule has 0 amide bonds. The minimum Gasteiger partial charge on any atom is -0.448 e. The van der Waals surface area contributed by atoms with Gasteiger partial charge in [-0.2, -0.15) is 0 Å². The maximum atomic E-state index is 6.10. The minimum absolute atomic E-state index is 0.334. The van der Waals surface area contributed by atoms with Gasteiger partial charge >= 0.3 is 0 Å². The summed E-state index contributed by atoms with van der Waals surface area (Å²) >= 11 is 12.6. The molecule has 5 heteroatoms. The lowest BCUT2D eigenvalue weighted by Crippen LogP contribution is -2.11. The van der Waals surface area contributed by atoms with E-state index in [9.17, 15) is 0 Å². The third kappa shape index (κ3) is 2.51. The summed E-state index contributed by atoms with van der Waals surface area (Å²) in [5, 5.41) is 0.344. The van der Waals surface area contributed by atoms with E-state index in [-0.39, 0.29) is 6.04 Å². The van der Waals surface area contributed by atoms with Crippen molar-refractivity contribution in [3.63, 3.8) is 0 Å². The van der Waals surface area contributed by atoms with Crippen LogP contribution < -0.4 is 5.73 Å². The number of rotatable bonds is 2. The van der Waals surface area contributed by atoms with Crippen LogP contribution in [0.15, 0.2) is 43.7 Å². The van der Waals surface area contributed by atoms with Gasteiger partial charge in [0.25, 0.3) is 0 Å². The van der Waals surface area contributed by atoms with Crippen molar-refractivity contribution in [2.24, 2.45) is 5.73 Å². The fourth-order valence-corrected chi connectivity index (χ4v) is 2.43. The number of nitrogens with two attached hydrogens (primary N) is 1. The Kier molecular flexibility index (Phi) is 3.74. The van der Waals surface area contributed by atoms with E-state index in [1.165, 1.54) is 0 Å². The molecular formula is C11H8Br2ClNO. The van der Waals surface area contributed by atoms with Gasteiger partial charge in [-0.25, -0.2) is 0 Å². The van der Waals surface area contributed by atoms with Gasteiger partial charge in [-0.15, -0.1) is 0 Å². The van der Waals surface area contributed by atoms with E-state index >= 15 is 0 Å². The van der Waals surface area contributed by atoms with Crippen LogP contribution in [0.4, 0.5) is 0 Å². The van der Waals surface area contributed by atoms with Crippen LogP contribution in [-0.2, 0) is 0 Å². The monoisotopic (exact) mass is 363 g/mol. The van der Waals surface area contributed by atoms with E-state index in [2.05, 4.69) is 31.9 Å². The molecule has 1 unspecified atom stereocenters. The van der Waals surface area contributed by atoms with Crippen LogP contribution in [0.5, 0.6) is 0 Å². The lowest BCUT2D eigenvalue weighted by atomic mass is 10.1. The largest absolute Gasteiger partial charge is 0.448 e. The summed E-state index contributed by atoms with van der Waals surface area (Å²) in [6, 6.07) is 8.95. The summed E-state index contributed by atoms with van der Waals surface area (Å²) in [7, 11) is 0. The summed E-state index contributed by atoms with van der Waals surface area (Å²) in [5.41, 5.74) is 7.04. The SMILES string of the molecule is NC(c1ccc(Cl)o1)c1cc(Br)ccc1Br. The van der Waals surface area contributed by atoms with Crippen molar-refractivity contribution >= 4 is 43.5 Å². The molecule has 1 atom stereocenters. The molecule has 0 spiro atoms. The Morgan fingerprint density at radius 3 is 2.56 bits per heavy atom. The second-order valence-corrected chi connectivity index (χ2v) is 5.43. The minimum atomic E-state index is -0.334. The highest BCUT2D eigenvalue weighted by Gasteiger charge is 2.16. The molecule has 1 heterocycles. The zero-order valence-electron chi connectivity index (χ0n) is 8.08. The molecular weight excluding hydrogens is 357 g/mol. The van der Waals surface area contributed by atoms with Gasteiger partial charge in [-0.05, 0) is 47.5 Å². The highest BCUT2D eigenvalue weighted by atomic mass is 79.9. The Labute approximate surface area is 115 Å². The lowest BCUT2D eigenvalue weighted by Gasteiger charge is -2.11. The predicted molar refractivity (Wildman–Crippen MR) is 71.6 cm³/mol. The highest BCUT2D eigenvalue weighted by molar-refractivity contribution is 9.11. The molecule has 0 saturated heterocycles. The standard InChI is InChI=1S/C11H8Br2ClNO/c12-6-1-2-8(13)7(5-6)11(15)9-3-4-10(14)16-9/h1-5,11H,15H2. The first-order valence-corrected chi connectivity index (χ1v) is 6.50. The topological polar surface area (TPSA) is 39.2 Å². The first-order valence-electron chi connectivity index (χ1n) is 4.53. The summed E-state index contributed by atoms with van der Waals surface area (Å²) in [6.07, 6.45) is 0. The normalized spacial score (nSPS) is 12.8. The van der Waals surface area contributed by atoms with Gasteiger partial charge in [0.2, 0.25) is 0 Å². The molecule has 0 radical (unpaired) electrons. The average molecular weight is 365 g/mol. The number of hydrogen-bond acceptors (Lipinski definition) is 2. The highest BCUT2D eigenvalue weighted by Crippen LogP contribution is 2.31. The molecule has 2 nitrogen and oxygen atoms in total. The maximum Gasteiger partial charge on any atom is 0.193 e. The first-order chi connectivity index (χ1) is 7.58. The van der Waals surface area contributed by atoms with Gasteiger partial charge in [0.15, 0.2) is 5.22 Å². The van der Waals surface area contributed by atoms with Crippen LogP contribution >= 0.6 is 43.5 Å². The average Bonchev–Trinajstić information content (AvgIpc) is 2.67. The summed E-state index contributed by atoms with van der Waals surface area (Å²) in [5.74, 6) is 0.642. The summed E-state index contributed by atoms with van der Waals surface area (Å²) in [6.45, 7) is 0. The Balaban J connectivity index is 2.40. The molecule has 0 aliphatic heterocycles. The second kappa shape index (κ2) is 4.92. The number of benzene rings is 1. The summed E-state index contributed by atoms with van der Waals surface area (Å²) in [4.78, 5) is 0. The third-order valence-corrected chi connectivity index (χ3v) is 3.61. The predicted octanol–water partition coefficient (Wildman–Crippen LogP) is 4.51. The number of furan rings is 1. The van der Waals surface area contributed by atoms with E-state index in [0.29, 0.717) is 11.0 Å². The molecule has 0 aliphatic rings. The molecule has 0 fully saturated rings. The van der Waals surface area contributed by atoms with Crippen LogP contribution in [0, 0.1) is 0 Å². The molecule has 0 bridgehead atoms. The summed E-state index contributed by atoms with van der Waals surface area (Å²) < 4.78 is 7.21. The van der Waals surface area contributed by atoms with E-state index < -0.39 is 0 Å². The zero-order valence-corrected chi connectivity index (χ0v) is 12.0. The molecule has 2 rings (SSSR count). The van der Waals surface area contributed by atoms with Crippen molar-refractivity contribution in [1.29, 1.82) is 0 Å². The number of hydrogen-bond donors (Lipinski definition) is 1. The first kappa shape index (κ1) is 12.2. The smallest absolute Gasteiger partial charge is 0.193 e. The van der Waals surface area contributed by atoms with Crippen LogP contribution in [0.3, 0.4) is 0 Å². The Morgan fingerprint density at radius 2 is 1.94 bits per heavy atom. The fraction of sp³-hybridized carbons (Fsp3) is 0.0909. The van der Waals surface area contributed by atoms with Gasteiger partial charge in [0.1, 0.15) is 5.76 Å². The van der Waals surface area contributed by atoms with E-state index in [0.717, 1.165) is 14.5 Å². The van der Waals surface area contributed by atoms with Crippen molar-refractivity contribution < 1.29 is 4.42 Å². The van der Waals surface area contributed by atoms with Gasteiger partial charge in [-0.1, -0.05) is 31.9 Å². The Bertz CT molecular complexity index is 512. The molecule has 16 heavy (non-hydrogen) atoms. The molecule has 84 valence electrons. The quantitative estimate of drug-likeness (QED) is 0.851. The van der Waals surface area contributed by atoms with Crippen LogP contribution in [0.25, 0.3) is 0 Å². The van der Waals surface area contributed by atoms with E-state index in [1.807, 2.05) is 18.2 Å². The van der Waals surface area contributed by atoms with Crippen LogP contribution in [-0.4, -0.2) is 0 Å². The molecule has 2 aromatic rings. The van der Waals surface area contributed by atoms with Gasteiger partial charge in [0.05, 0.1) is 6.04 Å². The molecule has 1 aromatic carbocycles. The van der Waals surface area contributed by atoms with Crippen molar-refractivity contribution in [2.75, 3.05) is 0 Å². The van der Waals surface area contributed by atoms with Gasteiger partial charge in [0, 0.05) is 8.95 Å². The van der Waals surface area contributed by atoms with E-state index in [4.69, 9.17) is 21.8 Å². The zero-order chi connectivity index (χ0) is 11.7. The third-order valence-electron chi connectivity index (χ3n) is 2.19. The second-order valence-electron chi connectivity index (χ2n) is 3.29. The molecule has 0 saturated carbocycles. The molecule has 1 aromatic heterocycles.